The van der Waals surface area contributed by atoms with E-state index >= 15 is 0 Å². The van der Waals surface area contributed by atoms with E-state index in [1.165, 1.54) is 17.5 Å². The molecule has 3 aromatic rings. The monoisotopic (exact) mass is 357 g/mol. The first-order valence-electron chi connectivity index (χ1n) is 7.68. The molecular weight excluding hydrogens is 342 g/mol. The predicted octanol–water partition coefficient (Wildman–Crippen LogP) is 3.00. The molecule has 25 heavy (non-hydrogen) atoms. The molecule has 7 nitrogen and oxygen atoms in total. The van der Waals surface area contributed by atoms with Gasteiger partial charge in [-0.2, -0.15) is 0 Å². The van der Waals surface area contributed by atoms with Crippen LogP contribution in [0.2, 0.25) is 0 Å². The number of thiazole rings is 1. The maximum Gasteiger partial charge on any atom is 0.267 e. The van der Waals surface area contributed by atoms with E-state index < -0.39 is 6.29 Å². The Morgan fingerprint density at radius 2 is 2.12 bits per heavy atom. The van der Waals surface area contributed by atoms with E-state index in [0.29, 0.717) is 40.1 Å². The molecule has 1 N–H and O–H groups in total. The maximum absolute atomic E-state index is 12.6. The lowest BCUT2D eigenvalue weighted by Gasteiger charge is -2.10. The predicted molar refractivity (Wildman–Crippen MR) is 93.0 cm³/mol. The molecule has 1 aromatic carbocycles. The molecule has 0 saturated carbocycles. The Bertz CT molecular complexity index is 921. The van der Waals surface area contributed by atoms with E-state index in [9.17, 15) is 4.79 Å². The van der Waals surface area contributed by atoms with Gasteiger partial charge in [0.25, 0.3) is 5.91 Å². The fourth-order valence-corrected chi connectivity index (χ4v) is 3.42. The van der Waals surface area contributed by atoms with E-state index in [-0.39, 0.29) is 5.91 Å². The van der Waals surface area contributed by atoms with Crippen LogP contribution >= 0.6 is 11.3 Å². The number of nitrogens with zero attached hydrogens (tertiary/aromatic N) is 2. The highest BCUT2D eigenvalue weighted by atomic mass is 32.1. The Hall–Kier alpha value is -2.55. The first kappa shape index (κ1) is 15.9. The first-order chi connectivity index (χ1) is 12.3. The van der Waals surface area contributed by atoms with E-state index in [0.717, 1.165) is 5.39 Å². The van der Waals surface area contributed by atoms with Gasteiger partial charge in [-0.05, 0) is 24.3 Å². The van der Waals surface area contributed by atoms with Gasteiger partial charge >= 0.3 is 0 Å². The number of carbonyl (C=O) groups excluding carboxylic acids is 1. The SMILES string of the molecule is COc1ccc(NC(=O)c2cnc(C3OCCO3)s2)c2cccnc12. The molecule has 4 rings (SSSR count). The van der Waals surface area contributed by atoms with Crippen LogP contribution in [0.15, 0.2) is 36.7 Å². The van der Waals surface area contributed by atoms with Gasteiger partial charge in [-0.3, -0.25) is 9.78 Å². The van der Waals surface area contributed by atoms with Crippen LogP contribution in [-0.4, -0.2) is 36.2 Å². The zero-order chi connectivity index (χ0) is 17.2. The molecule has 0 spiro atoms. The minimum absolute atomic E-state index is 0.239. The van der Waals surface area contributed by atoms with Gasteiger partial charge < -0.3 is 19.5 Å². The number of hydrogen-bond donors (Lipinski definition) is 1. The van der Waals surface area contributed by atoms with Crippen LogP contribution in [0.3, 0.4) is 0 Å². The number of nitrogens with one attached hydrogen (secondary N) is 1. The Morgan fingerprint density at radius 1 is 1.28 bits per heavy atom. The highest BCUT2D eigenvalue weighted by Crippen LogP contribution is 2.31. The molecule has 3 heterocycles. The zero-order valence-electron chi connectivity index (χ0n) is 13.4. The third-order valence-electron chi connectivity index (χ3n) is 3.77. The number of benzene rings is 1. The van der Waals surface area contributed by atoms with E-state index in [4.69, 9.17) is 14.2 Å². The van der Waals surface area contributed by atoms with Gasteiger partial charge in [0, 0.05) is 11.6 Å². The Labute approximate surface area is 147 Å². The van der Waals surface area contributed by atoms with Crippen molar-refractivity contribution in [3.63, 3.8) is 0 Å². The molecule has 1 fully saturated rings. The molecular formula is C17H15N3O4S. The molecule has 2 aromatic heterocycles. The summed E-state index contributed by atoms with van der Waals surface area (Å²) in [6.45, 7) is 1.08. The Kier molecular flexibility index (Phi) is 4.31. The quantitative estimate of drug-likeness (QED) is 0.773. The highest BCUT2D eigenvalue weighted by Gasteiger charge is 2.23. The number of methoxy groups -OCH3 is 1. The van der Waals surface area contributed by atoms with Crippen LogP contribution in [0.5, 0.6) is 5.75 Å². The molecule has 1 aliphatic rings. The van der Waals surface area contributed by atoms with Crippen molar-refractivity contribution < 1.29 is 19.0 Å². The average Bonchev–Trinajstić information content (AvgIpc) is 3.33. The van der Waals surface area contributed by atoms with E-state index in [2.05, 4.69) is 15.3 Å². The number of anilines is 1. The smallest absolute Gasteiger partial charge is 0.267 e. The summed E-state index contributed by atoms with van der Waals surface area (Å²) in [5.41, 5.74) is 1.36. The van der Waals surface area contributed by atoms with Crippen LogP contribution in [0.4, 0.5) is 5.69 Å². The number of rotatable bonds is 4. The van der Waals surface area contributed by atoms with Crippen molar-refractivity contribution in [1.82, 2.24) is 9.97 Å². The number of aromatic nitrogens is 2. The number of hydrogen-bond acceptors (Lipinski definition) is 7. The zero-order valence-corrected chi connectivity index (χ0v) is 14.2. The topological polar surface area (TPSA) is 82.6 Å². The highest BCUT2D eigenvalue weighted by molar-refractivity contribution is 7.13. The summed E-state index contributed by atoms with van der Waals surface area (Å²) < 4.78 is 16.1. The lowest BCUT2D eigenvalue weighted by atomic mass is 10.1. The van der Waals surface area contributed by atoms with Crippen LogP contribution in [-0.2, 0) is 9.47 Å². The first-order valence-corrected chi connectivity index (χ1v) is 8.50. The van der Waals surface area contributed by atoms with Gasteiger partial charge in [0.1, 0.15) is 21.2 Å². The van der Waals surface area contributed by atoms with Crippen LogP contribution in [0, 0.1) is 0 Å². The van der Waals surface area contributed by atoms with Gasteiger partial charge in [0.2, 0.25) is 6.29 Å². The maximum atomic E-state index is 12.6. The molecule has 1 aliphatic heterocycles. The summed E-state index contributed by atoms with van der Waals surface area (Å²) in [6, 6.07) is 7.28. The van der Waals surface area contributed by atoms with E-state index in [1.807, 2.05) is 12.1 Å². The van der Waals surface area contributed by atoms with Crippen LogP contribution in [0.1, 0.15) is 21.0 Å². The molecule has 8 heteroatoms. The molecule has 0 radical (unpaired) electrons. The lowest BCUT2D eigenvalue weighted by Crippen LogP contribution is -2.10. The fourth-order valence-electron chi connectivity index (χ4n) is 2.61. The molecule has 0 atom stereocenters. The van der Waals surface area contributed by atoms with Gasteiger partial charge in [0.05, 0.1) is 32.2 Å². The Balaban J connectivity index is 1.60. The standard InChI is InChI=1S/C17H15N3O4S/c1-22-12-5-4-11(10-3-2-6-18-14(10)12)20-15(21)13-9-19-16(25-13)17-23-7-8-24-17/h2-6,9,17H,7-8H2,1H3,(H,20,21). The second-order valence-corrected chi connectivity index (χ2v) is 6.37. The van der Waals surface area contributed by atoms with Gasteiger partial charge in [-0.1, -0.05) is 0 Å². The van der Waals surface area contributed by atoms with Gasteiger partial charge in [0.15, 0.2) is 0 Å². The third kappa shape index (κ3) is 3.07. The van der Waals surface area contributed by atoms with Gasteiger partial charge in [-0.25, -0.2) is 4.98 Å². The summed E-state index contributed by atoms with van der Waals surface area (Å²) in [5, 5.41) is 4.36. The minimum atomic E-state index is -0.474. The summed E-state index contributed by atoms with van der Waals surface area (Å²) in [5.74, 6) is 0.418. The minimum Gasteiger partial charge on any atom is -0.494 e. The molecule has 1 saturated heterocycles. The second-order valence-electron chi connectivity index (χ2n) is 5.31. The largest absolute Gasteiger partial charge is 0.494 e. The summed E-state index contributed by atoms with van der Waals surface area (Å²) in [4.78, 5) is 21.6. The number of pyridine rings is 1. The number of carbonyl (C=O) groups is 1. The van der Waals surface area contributed by atoms with Gasteiger partial charge in [-0.15, -0.1) is 11.3 Å². The molecule has 0 aliphatic carbocycles. The molecule has 1 amide bonds. The Morgan fingerprint density at radius 3 is 2.92 bits per heavy atom. The second kappa shape index (κ2) is 6.75. The summed E-state index contributed by atoms with van der Waals surface area (Å²) in [7, 11) is 1.59. The van der Waals surface area contributed by atoms with E-state index in [1.54, 1.807) is 25.4 Å². The fraction of sp³-hybridized carbons (Fsp3) is 0.235. The van der Waals surface area contributed by atoms with Crippen molar-refractivity contribution in [3.8, 4) is 5.75 Å². The average molecular weight is 357 g/mol. The van der Waals surface area contributed by atoms with Crippen molar-refractivity contribution in [2.75, 3.05) is 25.6 Å². The number of fused-ring (bicyclic) bond motifs is 1. The number of amides is 1. The lowest BCUT2D eigenvalue weighted by molar-refractivity contribution is -0.0442. The molecule has 128 valence electrons. The normalized spacial score (nSPS) is 14.8. The van der Waals surface area contributed by atoms with Crippen molar-refractivity contribution in [2.24, 2.45) is 0 Å². The third-order valence-corrected chi connectivity index (χ3v) is 4.79. The molecule has 0 bridgehead atoms. The summed E-state index contributed by atoms with van der Waals surface area (Å²) in [6.07, 6.45) is 2.75. The van der Waals surface area contributed by atoms with Crippen LogP contribution < -0.4 is 10.1 Å². The van der Waals surface area contributed by atoms with Crippen molar-refractivity contribution >= 4 is 33.8 Å². The van der Waals surface area contributed by atoms with Crippen molar-refractivity contribution in [1.29, 1.82) is 0 Å². The van der Waals surface area contributed by atoms with Crippen LogP contribution in [0.25, 0.3) is 10.9 Å². The number of ether oxygens (including phenoxy) is 3. The summed E-state index contributed by atoms with van der Waals surface area (Å²) >= 11 is 1.26. The molecule has 0 unspecified atom stereocenters. The van der Waals surface area contributed by atoms with Crippen molar-refractivity contribution in [3.05, 3.63) is 46.5 Å². The van der Waals surface area contributed by atoms with Crippen molar-refractivity contribution in [2.45, 2.75) is 6.29 Å².